The number of likely N-dealkylation sites (tertiary alicyclic amines) is 1. The number of H-pyrrole nitrogens is 1. The highest BCUT2D eigenvalue weighted by atomic mass is 32.2. The van der Waals surface area contributed by atoms with Gasteiger partial charge in [0.15, 0.2) is 0 Å². The van der Waals surface area contributed by atoms with Crippen LogP contribution in [0.1, 0.15) is 49.7 Å². The highest BCUT2D eigenvalue weighted by Gasteiger charge is 2.34. The van der Waals surface area contributed by atoms with Crippen molar-refractivity contribution < 1.29 is 8.42 Å². The minimum Gasteiger partial charge on any atom is -0.351 e. The predicted molar refractivity (Wildman–Crippen MR) is 164 cm³/mol. The first-order valence-corrected chi connectivity index (χ1v) is 16.5. The molecule has 1 unspecified atom stereocenters. The Balaban J connectivity index is 0.00000289. The lowest BCUT2D eigenvalue weighted by Gasteiger charge is -2.24. The number of nitrogens with zero attached hydrogens (tertiary/aromatic N) is 4. The third-order valence-electron chi connectivity index (χ3n) is 7.60. The number of thiazole rings is 1. The summed E-state index contributed by atoms with van der Waals surface area (Å²) in [5.74, 6) is 0.409. The van der Waals surface area contributed by atoms with Gasteiger partial charge in [0.05, 0.1) is 28.6 Å². The van der Waals surface area contributed by atoms with E-state index in [0.29, 0.717) is 28.4 Å². The lowest BCUT2D eigenvalue weighted by Crippen LogP contribution is -2.32. The number of anilines is 1. The number of nitrogens with one attached hydrogen (secondary N) is 1. The first-order valence-electron chi connectivity index (χ1n) is 13.3. The molecule has 7 rings (SSSR count). The topological polar surface area (TPSA) is 82.2 Å². The van der Waals surface area contributed by atoms with Gasteiger partial charge in [-0.1, -0.05) is 31.7 Å². The molecule has 0 radical (unpaired) electrons. The number of para-hydroxylation sites is 1. The number of thiophene rings is 1. The van der Waals surface area contributed by atoms with Gasteiger partial charge in [0, 0.05) is 35.7 Å². The first kappa shape index (κ1) is 27.1. The molecule has 1 aliphatic carbocycles. The van der Waals surface area contributed by atoms with Crippen LogP contribution in [0.15, 0.2) is 76.6 Å². The van der Waals surface area contributed by atoms with Crippen LogP contribution in [0.25, 0.3) is 21.6 Å². The van der Waals surface area contributed by atoms with E-state index in [1.165, 1.54) is 22.6 Å². The van der Waals surface area contributed by atoms with Crippen molar-refractivity contribution in [2.75, 3.05) is 17.4 Å². The zero-order valence-electron chi connectivity index (χ0n) is 21.4. The molecule has 4 aromatic heterocycles. The fourth-order valence-corrected chi connectivity index (χ4v) is 9.04. The molecule has 0 spiro atoms. The van der Waals surface area contributed by atoms with E-state index in [1.807, 2.05) is 42.0 Å². The smallest absolute Gasteiger partial charge is 0.273 e. The number of sulfonamides is 1. The Kier molecular flexibility index (Phi) is 7.52. The molecule has 208 valence electrons. The third kappa shape index (κ3) is 5.21. The second kappa shape index (κ2) is 11.1. The Morgan fingerprint density at radius 2 is 1.95 bits per heavy atom. The summed E-state index contributed by atoms with van der Waals surface area (Å²) < 4.78 is 29.3. The van der Waals surface area contributed by atoms with Gasteiger partial charge in [0.25, 0.3) is 10.0 Å². The van der Waals surface area contributed by atoms with Crippen LogP contribution in [-0.4, -0.2) is 41.4 Å². The molecule has 1 aromatic carbocycles. The zero-order valence-corrected chi connectivity index (χ0v) is 23.8. The summed E-state index contributed by atoms with van der Waals surface area (Å²) in [6.45, 7) is 2.40. The molecule has 10 heteroatoms. The lowest BCUT2D eigenvalue weighted by molar-refractivity contribution is 0.246. The number of hydrogen-bond acceptors (Lipinski definition) is 7. The van der Waals surface area contributed by atoms with E-state index in [-0.39, 0.29) is 7.43 Å². The van der Waals surface area contributed by atoms with Crippen LogP contribution in [0, 0.1) is 5.92 Å². The summed E-state index contributed by atoms with van der Waals surface area (Å²) in [5.41, 5.74) is 3.58. The molecule has 1 atom stereocenters. The molecule has 2 aliphatic rings. The Morgan fingerprint density at radius 1 is 1.05 bits per heavy atom. The van der Waals surface area contributed by atoms with Crippen molar-refractivity contribution in [1.29, 1.82) is 0 Å². The van der Waals surface area contributed by atoms with E-state index in [4.69, 9.17) is 4.98 Å². The van der Waals surface area contributed by atoms with Gasteiger partial charge in [-0.2, -0.15) is 0 Å². The van der Waals surface area contributed by atoms with Gasteiger partial charge in [-0.25, -0.2) is 13.4 Å². The fourth-order valence-electron chi connectivity index (χ4n) is 5.47. The van der Waals surface area contributed by atoms with Gasteiger partial charge in [-0.3, -0.25) is 14.2 Å². The molecule has 0 bridgehead atoms. The average Bonchev–Trinajstić information content (AvgIpc) is 3.45. The number of rotatable bonds is 9. The summed E-state index contributed by atoms with van der Waals surface area (Å²) in [6.07, 6.45) is 8.28. The molecule has 5 heterocycles. The second-order valence-corrected chi connectivity index (χ2v) is 14.5. The fraction of sp³-hybridized carbons (Fsp3) is 0.333. The normalized spacial score (nSPS) is 17.8. The molecule has 5 aromatic rings. The van der Waals surface area contributed by atoms with Crippen LogP contribution in [-0.2, 0) is 16.6 Å². The number of aromatic amines is 1. The molecule has 7 nitrogen and oxygen atoms in total. The van der Waals surface area contributed by atoms with Gasteiger partial charge < -0.3 is 4.98 Å². The van der Waals surface area contributed by atoms with Gasteiger partial charge in [0.1, 0.15) is 9.22 Å². The monoisotopic (exact) mass is 591 g/mol. The van der Waals surface area contributed by atoms with E-state index >= 15 is 0 Å². The van der Waals surface area contributed by atoms with Crippen molar-refractivity contribution in [3.05, 3.63) is 82.9 Å². The summed E-state index contributed by atoms with van der Waals surface area (Å²) in [4.78, 5) is 16.6. The maximum absolute atomic E-state index is 13.7. The van der Waals surface area contributed by atoms with Gasteiger partial charge in [-0.05, 0) is 73.9 Å². The molecule has 2 fully saturated rings. The SMILES string of the molecule is C.O=S(=O)(c1cccs1)N(CC1CC1)c1cccc2cc(-c3ncc(CN4CCCC4c4ccccn4)s3)[nH]c12. The maximum atomic E-state index is 13.7. The summed E-state index contributed by atoms with van der Waals surface area (Å²) in [7, 11) is -3.64. The maximum Gasteiger partial charge on any atom is 0.273 e. The molecule has 1 N–H and O–H groups in total. The second-order valence-electron chi connectivity index (χ2n) is 10.4. The Labute approximate surface area is 243 Å². The Hall–Kier alpha value is -3.05. The average molecular weight is 592 g/mol. The Morgan fingerprint density at radius 3 is 2.73 bits per heavy atom. The van der Waals surface area contributed by atoms with Gasteiger partial charge in [0.2, 0.25) is 0 Å². The molecular formula is C30H33N5O2S3. The van der Waals surface area contributed by atoms with E-state index < -0.39 is 10.0 Å². The summed E-state index contributed by atoms with van der Waals surface area (Å²) >= 11 is 2.96. The molecule has 40 heavy (non-hydrogen) atoms. The lowest BCUT2D eigenvalue weighted by atomic mass is 10.1. The van der Waals surface area contributed by atoms with Crippen LogP contribution in [0.5, 0.6) is 0 Å². The van der Waals surface area contributed by atoms with Crippen LogP contribution in [0.4, 0.5) is 5.69 Å². The number of aromatic nitrogens is 3. The predicted octanol–water partition coefficient (Wildman–Crippen LogP) is 7.33. The molecule has 0 amide bonds. The van der Waals surface area contributed by atoms with Crippen molar-refractivity contribution in [2.24, 2.45) is 5.92 Å². The van der Waals surface area contributed by atoms with Crippen molar-refractivity contribution in [3.8, 4) is 10.7 Å². The Bertz CT molecular complexity index is 1690. The summed E-state index contributed by atoms with van der Waals surface area (Å²) in [6, 6.07) is 17.9. The van der Waals surface area contributed by atoms with E-state index in [0.717, 1.165) is 59.7 Å². The van der Waals surface area contributed by atoms with Gasteiger partial charge in [-0.15, -0.1) is 22.7 Å². The molecule has 1 saturated heterocycles. The van der Waals surface area contributed by atoms with E-state index in [1.54, 1.807) is 27.8 Å². The highest BCUT2D eigenvalue weighted by Crippen LogP contribution is 2.39. The van der Waals surface area contributed by atoms with Crippen molar-refractivity contribution in [2.45, 2.75) is 49.9 Å². The number of pyridine rings is 1. The standard InChI is InChI=1S/C29H29N5O2S3.CH4/c35-39(36,27-10-5-15-37-27)34(18-20-11-12-20)26-8-3-6-21-16-24(32-28(21)26)29-31-17-22(38-29)19-33-14-4-9-25(33)23-7-1-2-13-30-23;/h1-3,5-8,10,13,15-17,20,25,32H,4,9,11-12,14,18-19H2;1H4. The summed E-state index contributed by atoms with van der Waals surface area (Å²) in [5, 5.41) is 3.71. The molecule has 1 saturated carbocycles. The van der Waals surface area contributed by atoms with Gasteiger partial charge >= 0.3 is 0 Å². The van der Waals surface area contributed by atoms with E-state index in [2.05, 4.69) is 33.1 Å². The minimum atomic E-state index is -3.64. The number of benzene rings is 1. The van der Waals surface area contributed by atoms with Crippen LogP contribution in [0.3, 0.4) is 0 Å². The van der Waals surface area contributed by atoms with Crippen molar-refractivity contribution in [3.63, 3.8) is 0 Å². The molecule has 1 aliphatic heterocycles. The largest absolute Gasteiger partial charge is 0.351 e. The highest BCUT2D eigenvalue weighted by molar-refractivity contribution is 7.94. The number of fused-ring (bicyclic) bond motifs is 1. The first-order chi connectivity index (χ1) is 19.1. The minimum absolute atomic E-state index is 0. The van der Waals surface area contributed by atoms with Crippen molar-refractivity contribution >= 4 is 49.3 Å². The quantitative estimate of drug-likeness (QED) is 0.194. The van der Waals surface area contributed by atoms with Crippen LogP contribution in [0.2, 0.25) is 0 Å². The molecular weight excluding hydrogens is 559 g/mol. The van der Waals surface area contributed by atoms with Crippen molar-refractivity contribution in [1.82, 2.24) is 19.9 Å². The van der Waals surface area contributed by atoms with Crippen LogP contribution < -0.4 is 4.31 Å². The third-order valence-corrected chi connectivity index (χ3v) is 11.8. The number of hydrogen-bond donors (Lipinski definition) is 1. The zero-order chi connectivity index (χ0) is 26.4. The van der Waals surface area contributed by atoms with Crippen LogP contribution >= 0.6 is 22.7 Å². The van der Waals surface area contributed by atoms with E-state index in [9.17, 15) is 8.42 Å².